The van der Waals surface area contributed by atoms with E-state index < -0.39 is 0 Å². The minimum absolute atomic E-state index is 0.242. The van der Waals surface area contributed by atoms with Gasteiger partial charge in [-0.05, 0) is 85.3 Å². The van der Waals surface area contributed by atoms with Crippen LogP contribution in [-0.4, -0.2) is 37.0 Å². The van der Waals surface area contributed by atoms with Crippen LogP contribution in [0.3, 0.4) is 0 Å². The maximum absolute atomic E-state index is 12.5. The lowest BCUT2D eigenvalue weighted by atomic mass is 9.73. The van der Waals surface area contributed by atoms with Gasteiger partial charge in [-0.2, -0.15) is 0 Å². The van der Waals surface area contributed by atoms with Crippen molar-refractivity contribution in [3.63, 3.8) is 0 Å². The zero-order valence-corrected chi connectivity index (χ0v) is 17.9. The second-order valence-corrected chi connectivity index (χ2v) is 9.44. The minimum atomic E-state index is 0.242. The number of fused-ring (bicyclic) bond motifs is 2. The van der Waals surface area contributed by atoms with Crippen molar-refractivity contribution >= 4 is 5.91 Å². The van der Waals surface area contributed by atoms with Crippen molar-refractivity contribution in [3.05, 3.63) is 65.2 Å². The van der Waals surface area contributed by atoms with Gasteiger partial charge in [0.05, 0.1) is 7.11 Å². The monoisotopic (exact) mass is 404 g/mol. The Bertz CT molecular complexity index is 896. The highest BCUT2D eigenvalue weighted by atomic mass is 16.5. The van der Waals surface area contributed by atoms with Gasteiger partial charge >= 0.3 is 0 Å². The standard InChI is InChI=1S/C26H32N2O2/c1-30-22-10-6-19(7-11-22)18-28-14-12-26(13-15-28)17-20(16-25(29)27-21-8-9-21)23-4-2-3-5-24(23)26/h2-7,10-11,20-21H,8-9,12-18H2,1H3,(H,27,29). The Morgan fingerprint density at radius 3 is 2.53 bits per heavy atom. The molecule has 0 aromatic heterocycles. The predicted molar refractivity (Wildman–Crippen MR) is 119 cm³/mol. The third-order valence-corrected chi connectivity index (χ3v) is 7.36. The number of hydrogen-bond donors (Lipinski definition) is 1. The first-order valence-corrected chi connectivity index (χ1v) is 11.4. The first kappa shape index (κ1) is 19.6. The summed E-state index contributed by atoms with van der Waals surface area (Å²) in [5.74, 6) is 1.52. The van der Waals surface area contributed by atoms with Gasteiger partial charge in [0.15, 0.2) is 0 Å². The molecule has 1 N–H and O–H groups in total. The molecule has 4 heteroatoms. The van der Waals surface area contributed by atoms with E-state index in [9.17, 15) is 4.79 Å². The van der Waals surface area contributed by atoms with Crippen LogP contribution in [-0.2, 0) is 16.8 Å². The fraction of sp³-hybridized carbons (Fsp3) is 0.500. The van der Waals surface area contributed by atoms with Gasteiger partial charge in [-0.25, -0.2) is 0 Å². The molecule has 30 heavy (non-hydrogen) atoms. The lowest BCUT2D eigenvalue weighted by Crippen LogP contribution is -2.41. The van der Waals surface area contributed by atoms with Crippen molar-refractivity contribution in [2.75, 3.05) is 20.2 Å². The van der Waals surface area contributed by atoms with Crippen LogP contribution in [0.2, 0.25) is 0 Å². The summed E-state index contributed by atoms with van der Waals surface area (Å²) in [6.07, 6.45) is 6.44. The van der Waals surface area contributed by atoms with Crippen molar-refractivity contribution in [2.24, 2.45) is 0 Å². The molecule has 158 valence electrons. The number of likely N-dealkylation sites (tertiary alicyclic amines) is 1. The Hall–Kier alpha value is -2.33. The number of carbonyl (C=O) groups excluding carboxylic acids is 1. The maximum Gasteiger partial charge on any atom is 0.220 e. The molecule has 1 unspecified atom stereocenters. The smallest absolute Gasteiger partial charge is 0.220 e. The van der Waals surface area contributed by atoms with E-state index in [2.05, 4.69) is 46.6 Å². The van der Waals surface area contributed by atoms with Crippen LogP contribution >= 0.6 is 0 Å². The molecule has 5 rings (SSSR count). The molecule has 0 bridgehead atoms. The van der Waals surface area contributed by atoms with E-state index in [0.717, 1.165) is 44.6 Å². The van der Waals surface area contributed by atoms with Crippen LogP contribution < -0.4 is 10.1 Å². The van der Waals surface area contributed by atoms with Crippen molar-refractivity contribution in [2.45, 2.75) is 62.4 Å². The summed E-state index contributed by atoms with van der Waals surface area (Å²) in [6, 6.07) is 17.8. The molecule has 1 saturated heterocycles. The zero-order valence-electron chi connectivity index (χ0n) is 17.9. The van der Waals surface area contributed by atoms with Gasteiger partial charge in [-0.3, -0.25) is 9.69 Å². The highest BCUT2D eigenvalue weighted by Gasteiger charge is 2.45. The number of hydrogen-bond acceptors (Lipinski definition) is 3. The molecule has 2 aromatic rings. The van der Waals surface area contributed by atoms with Crippen LogP contribution in [0, 0.1) is 0 Å². The second kappa shape index (κ2) is 8.07. The number of benzene rings is 2. The summed E-state index contributed by atoms with van der Waals surface area (Å²) in [5, 5.41) is 3.19. The molecule has 0 radical (unpaired) electrons. The number of nitrogens with zero attached hydrogens (tertiary/aromatic N) is 1. The van der Waals surface area contributed by atoms with E-state index in [4.69, 9.17) is 4.74 Å². The van der Waals surface area contributed by atoms with E-state index in [0.29, 0.717) is 18.4 Å². The first-order chi connectivity index (χ1) is 14.6. The molecule has 1 saturated carbocycles. The Labute approximate surface area is 179 Å². The zero-order chi connectivity index (χ0) is 20.6. The predicted octanol–water partition coefficient (Wildman–Crippen LogP) is 4.39. The van der Waals surface area contributed by atoms with Gasteiger partial charge in [0.1, 0.15) is 5.75 Å². The van der Waals surface area contributed by atoms with Gasteiger partial charge < -0.3 is 10.1 Å². The third-order valence-electron chi connectivity index (χ3n) is 7.36. The second-order valence-electron chi connectivity index (χ2n) is 9.44. The molecule has 3 aliphatic rings. The quantitative estimate of drug-likeness (QED) is 0.777. The van der Waals surface area contributed by atoms with Gasteiger partial charge in [-0.15, -0.1) is 0 Å². The van der Waals surface area contributed by atoms with Crippen molar-refractivity contribution in [1.29, 1.82) is 0 Å². The Kier molecular flexibility index (Phi) is 5.28. The third kappa shape index (κ3) is 3.98. The molecule has 2 aliphatic carbocycles. The molecule has 1 aliphatic heterocycles. The summed E-state index contributed by atoms with van der Waals surface area (Å²) in [6.45, 7) is 3.22. The van der Waals surface area contributed by atoms with Crippen molar-refractivity contribution in [3.8, 4) is 5.75 Å². The average Bonchev–Trinajstić information content (AvgIpc) is 3.54. The molecule has 4 nitrogen and oxygen atoms in total. The lowest BCUT2D eigenvalue weighted by Gasteiger charge is -2.40. The number of ether oxygens (including phenoxy) is 1. The molecular formula is C26H32N2O2. The normalized spacial score (nSPS) is 22.6. The fourth-order valence-electron chi connectivity index (χ4n) is 5.55. The summed E-state index contributed by atoms with van der Waals surface area (Å²) in [5.41, 5.74) is 4.52. The summed E-state index contributed by atoms with van der Waals surface area (Å²) in [7, 11) is 1.71. The molecule has 1 heterocycles. The number of amides is 1. The topological polar surface area (TPSA) is 41.6 Å². The largest absolute Gasteiger partial charge is 0.497 e. The highest BCUT2D eigenvalue weighted by Crippen LogP contribution is 2.52. The van der Waals surface area contributed by atoms with E-state index in [1.165, 1.54) is 29.5 Å². The van der Waals surface area contributed by atoms with Gasteiger partial charge in [0.2, 0.25) is 5.91 Å². The Morgan fingerprint density at radius 1 is 1.10 bits per heavy atom. The minimum Gasteiger partial charge on any atom is -0.497 e. The van der Waals surface area contributed by atoms with E-state index in [1.54, 1.807) is 7.11 Å². The summed E-state index contributed by atoms with van der Waals surface area (Å²) in [4.78, 5) is 15.1. The maximum atomic E-state index is 12.5. The van der Waals surface area contributed by atoms with Crippen molar-refractivity contribution in [1.82, 2.24) is 10.2 Å². The lowest BCUT2D eigenvalue weighted by molar-refractivity contribution is -0.121. The fourth-order valence-corrected chi connectivity index (χ4v) is 5.55. The number of nitrogens with one attached hydrogen (secondary N) is 1. The number of carbonyl (C=O) groups is 1. The number of methoxy groups -OCH3 is 1. The SMILES string of the molecule is COc1ccc(CN2CCC3(CC2)CC(CC(=O)NC2CC2)c2ccccc23)cc1. The van der Waals surface area contributed by atoms with Crippen molar-refractivity contribution < 1.29 is 9.53 Å². The Morgan fingerprint density at radius 2 is 1.83 bits per heavy atom. The highest BCUT2D eigenvalue weighted by molar-refractivity contribution is 5.78. The van der Waals surface area contributed by atoms with E-state index in [-0.39, 0.29) is 11.3 Å². The number of rotatable bonds is 6. The summed E-state index contributed by atoms with van der Waals surface area (Å²) >= 11 is 0. The first-order valence-electron chi connectivity index (χ1n) is 11.4. The van der Waals surface area contributed by atoms with Crippen LogP contribution in [0.25, 0.3) is 0 Å². The van der Waals surface area contributed by atoms with Gasteiger partial charge in [0, 0.05) is 19.0 Å². The molecule has 1 spiro atoms. The number of piperidine rings is 1. The molecule has 2 fully saturated rings. The van der Waals surface area contributed by atoms with Crippen LogP contribution in [0.5, 0.6) is 5.75 Å². The molecule has 1 atom stereocenters. The molecule has 2 aromatic carbocycles. The molecular weight excluding hydrogens is 372 g/mol. The van der Waals surface area contributed by atoms with Gasteiger partial charge in [0.25, 0.3) is 0 Å². The van der Waals surface area contributed by atoms with Crippen LogP contribution in [0.15, 0.2) is 48.5 Å². The summed E-state index contributed by atoms with van der Waals surface area (Å²) < 4.78 is 5.28. The Balaban J connectivity index is 1.25. The van der Waals surface area contributed by atoms with E-state index >= 15 is 0 Å². The van der Waals surface area contributed by atoms with Gasteiger partial charge in [-0.1, -0.05) is 36.4 Å². The average molecular weight is 405 g/mol. The van der Waals surface area contributed by atoms with Crippen LogP contribution in [0.4, 0.5) is 0 Å². The van der Waals surface area contributed by atoms with E-state index in [1.807, 2.05) is 12.1 Å². The molecule has 1 amide bonds. The van der Waals surface area contributed by atoms with Crippen LogP contribution in [0.1, 0.15) is 61.1 Å².